The molecule has 0 aromatic carbocycles. The SMILES string of the molecule is CCC1CCCN1C(=O)NCc1cc(C(=O)O)ccn1. The van der Waals surface area contributed by atoms with Gasteiger partial charge < -0.3 is 15.3 Å². The van der Waals surface area contributed by atoms with Crippen LogP contribution in [0.1, 0.15) is 42.2 Å². The van der Waals surface area contributed by atoms with E-state index in [9.17, 15) is 9.59 Å². The van der Waals surface area contributed by atoms with Gasteiger partial charge in [-0.25, -0.2) is 9.59 Å². The van der Waals surface area contributed by atoms with Gasteiger partial charge in [-0.05, 0) is 31.4 Å². The van der Waals surface area contributed by atoms with Crippen LogP contribution in [-0.4, -0.2) is 39.6 Å². The van der Waals surface area contributed by atoms with Crippen LogP contribution in [0.4, 0.5) is 4.79 Å². The molecule has 6 heteroatoms. The first-order valence-electron chi connectivity index (χ1n) is 6.84. The standard InChI is InChI=1S/C14H19N3O3/c1-2-12-4-3-7-17(12)14(20)16-9-11-8-10(13(18)19)5-6-15-11/h5-6,8,12H,2-4,7,9H2,1H3,(H,16,20)(H,18,19). The lowest BCUT2D eigenvalue weighted by molar-refractivity contribution is 0.0696. The second kappa shape index (κ2) is 6.36. The molecule has 1 atom stereocenters. The van der Waals surface area contributed by atoms with Crippen molar-refractivity contribution in [2.45, 2.75) is 38.8 Å². The second-order valence-corrected chi connectivity index (χ2v) is 4.90. The summed E-state index contributed by atoms with van der Waals surface area (Å²) in [5, 5.41) is 11.7. The van der Waals surface area contributed by atoms with E-state index in [2.05, 4.69) is 17.2 Å². The van der Waals surface area contributed by atoms with Crippen LogP contribution in [0, 0.1) is 0 Å². The van der Waals surface area contributed by atoms with Crippen molar-refractivity contribution in [1.29, 1.82) is 0 Å². The van der Waals surface area contributed by atoms with Gasteiger partial charge in [-0.15, -0.1) is 0 Å². The molecule has 2 N–H and O–H groups in total. The minimum atomic E-state index is -0.995. The first kappa shape index (κ1) is 14.3. The zero-order valence-corrected chi connectivity index (χ0v) is 11.5. The number of nitrogens with zero attached hydrogens (tertiary/aromatic N) is 2. The summed E-state index contributed by atoms with van der Waals surface area (Å²) in [6.45, 7) is 3.11. The van der Waals surface area contributed by atoms with Crippen molar-refractivity contribution in [2.24, 2.45) is 0 Å². The number of aromatic nitrogens is 1. The third-order valence-electron chi connectivity index (χ3n) is 3.59. The van der Waals surface area contributed by atoms with Crippen molar-refractivity contribution in [1.82, 2.24) is 15.2 Å². The number of nitrogens with one attached hydrogen (secondary N) is 1. The molecule has 2 amide bonds. The molecule has 1 aliphatic heterocycles. The summed E-state index contributed by atoms with van der Waals surface area (Å²) in [4.78, 5) is 28.8. The Balaban J connectivity index is 1.93. The molecule has 2 heterocycles. The highest BCUT2D eigenvalue weighted by Crippen LogP contribution is 2.19. The van der Waals surface area contributed by atoms with E-state index in [0.29, 0.717) is 11.7 Å². The van der Waals surface area contributed by atoms with Crippen LogP contribution in [-0.2, 0) is 6.54 Å². The minimum absolute atomic E-state index is 0.100. The number of amides is 2. The highest BCUT2D eigenvalue weighted by atomic mass is 16.4. The lowest BCUT2D eigenvalue weighted by atomic mass is 10.2. The third kappa shape index (κ3) is 3.26. The predicted molar refractivity (Wildman–Crippen MR) is 73.5 cm³/mol. The number of urea groups is 1. The number of hydrogen-bond acceptors (Lipinski definition) is 3. The molecule has 1 fully saturated rings. The number of pyridine rings is 1. The number of hydrogen-bond donors (Lipinski definition) is 2. The molecule has 1 saturated heterocycles. The number of carbonyl (C=O) groups is 2. The smallest absolute Gasteiger partial charge is 0.335 e. The maximum atomic E-state index is 12.1. The Labute approximate surface area is 117 Å². The van der Waals surface area contributed by atoms with Crippen molar-refractivity contribution >= 4 is 12.0 Å². The monoisotopic (exact) mass is 277 g/mol. The van der Waals surface area contributed by atoms with Gasteiger partial charge in [0, 0.05) is 18.8 Å². The Kier molecular flexibility index (Phi) is 4.55. The Hall–Kier alpha value is -2.11. The van der Waals surface area contributed by atoms with Crippen molar-refractivity contribution in [3.8, 4) is 0 Å². The topological polar surface area (TPSA) is 82.5 Å². The summed E-state index contributed by atoms with van der Waals surface area (Å²) < 4.78 is 0. The van der Waals surface area contributed by atoms with Gasteiger partial charge in [-0.1, -0.05) is 6.92 Å². The minimum Gasteiger partial charge on any atom is -0.478 e. The molecule has 0 bridgehead atoms. The molecule has 6 nitrogen and oxygen atoms in total. The van der Waals surface area contributed by atoms with Crippen LogP contribution in [0.25, 0.3) is 0 Å². The summed E-state index contributed by atoms with van der Waals surface area (Å²) in [7, 11) is 0. The quantitative estimate of drug-likeness (QED) is 0.880. The van der Waals surface area contributed by atoms with E-state index in [-0.39, 0.29) is 18.1 Å². The molecule has 0 radical (unpaired) electrons. The fraction of sp³-hybridized carbons (Fsp3) is 0.500. The summed E-state index contributed by atoms with van der Waals surface area (Å²) in [6, 6.07) is 3.12. The average molecular weight is 277 g/mol. The Morgan fingerprint density at radius 2 is 2.35 bits per heavy atom. The van der Waals surface area contributed by atoms with Crippen LogP contribution in [0.2, 0.25) is 0 Å². The van der Waals surface area contributed by atoms with Gasteiger partial charge in [-0.3, -0.25) is 4.98 Å². The number of likely N-dealkylation sites (tertiary alicyclic amines) is 1. The van der Waals surface area contributed by atoms with Crippen LogP contribution in [0.5, 0.6) is 0 Å². The van der Waals surface area contributed by atoms with Gasteiger partial charge in [0.1, 0.15) is 0 Å². The largest absolute Gasteiger partial charge is 0.478 e. The average Bonchev–Trinajstić information content (AvgIpc) is 2.93. The third-order valence-corrected chi connectivity index (χ3v) is 3.59. The lowest BCUT2D eigenvalue weighted by Crippen LogP contribution is -2.42. The van der Waals surface area contributed by atoms with E-state index in [1.54, 1.807) is 0 Å². The fourth-order valence-corrected chi connectivity index (χ4v) is 2.50. The van der Waals surface area contributed by atoms with E-state index < -0.39 is 5.97 Å². The molecule has 0 saturated carbocycles. The van der Waals surface area contributed by atoms with E-state index >= 15 is 0 Å². The summed E-state index contributed by atoms with van der Waals surface area (Å²) >= 11 is 0. The van der Waals surface area contributed by atoms with E-state index in [0.717, 1.165) is 25.8 Å². The van der Waals surface area contributed by atoms with Crippen molar-refractivity contribution in [3.63, 3.8) is 0 Å². The van der Waals surface area contributed by atoms with Gasteiger partial charge >= 0.3 is 12.0 Å². The number of carboxylic acid groups (broad SMARTS) is 1. The van der Waals surface area contributed by atoms with Gasteiger partial charge in [0.25, 0.3) is 0 Å². The van der Waals surface area contributed by atoms with Crippen molar-refractivity contribution < 1.29 is 14.7 Å². The zero-order chi connectivity index (χ0) is 14.5. The number of rotatable bonds is 4. The summed E-state index contributed by atoms with van der Waals surface area (Å²) in [5.74, 6) is -0.995. The lowest BCUT2D eigenvalue weighted by Gasteiger charge is -2.23. The first-order chi connectivity index (χ1) is 9.61. The molecule has 1 aromatic heterocycles. The van der Waals surface area contributed by atoms with Crippen molar-refractivity contribution in [3.05, 3.63) is 29.6 Å². The van der Waals surface area contributed by atoms with Gasteiger partial charge in [-0.2, -0.15) is 0 Å². The maximum absolute atomic E-state index is 12.1. The Bertz CT molecular complexity index is 504. The highest BCUT2D eigenvalue weighted by Gasteiger charge is 2.26. The Morgan fingerprint density at radius 3 is 3.05 bits per heavy atom. The normalized spacial score (nSPS) is 18.1. The Morgan fingerprint density at radius 1 is 1.55 bits per heavy atom. The molecule has 1 aromatic rings. The van der Waals surface area contributed by atoms with Crippen LogP contribution < -0.4 is 5.32 Å². The molecule has 2 rings (SSSR count). The number of carbonyl (C=O) groups excluding carboxylic acids is 1. The molecule has 108 valence electrons. The molecule has 1 aliphatic rings. The molecule has 1 unspecified atom stereocenters. The number of carboxylic acids is 1. The van der Waals surface area contributed by atoms with Gasteiger partial charge in [0.05, 0.1) is 17.8 Å². The molecule has 0 spiro atoms. The van der Waals surface area contributed by atoms with Gasteiger partial charge in [0.2, 0.25) is 0 Å². The fourth-order valence-electron chi connectivity index (χ4n) is 2.50. The number of aromatic carboxylic acids is 1. The van der Waals surface area contributed by atoms with E-state index in [1.807, 2.05) is 4.90 Å². The molecule has 0 aliphatic carbocycles. The van der Waals surface area contributed by atoms with Crippen LogP contribution in [0.15, 0.2) is 18.3 Å². The maximum Gasteiger partial charge on any atom is 0.335 e. The molecular formula is C14H19N3O3. The van der Waals surface area contributed by atoms with E-state index in [1.165, 1.54) is 18.3 Å². The first-order valence-corrected chi connectivity index (χ1v) is 6.84. The van der Waals surface area contributed by atoms with Crippen molar-refractivity contribution in [2.75, 3.05) is 6.54 Å². The van der Waals surface area contributed by atoms with Gasteiger partial charge in [0.15, 0.2) is 0 Å². The molecule has 20 heavy (non-hydrogen) atoms. The molecular weight excluding hydrogens is 258 g/mol. The summed E-state index contributed by atoms with van der Waals surface area (Å²) in [5.41, 5.74) is 0.724. The second-order valence-electron chi connectivity index (χ2n) is 4.90. The zero-order valence-electron chi connectivity index (χ0n) is 11.5. The van der Waals surface area contributed by atoms with Crippen LogP contribution >= 0.6 is 0 Å². The van der Waals surface area contributed by atoms with E-state index in [4.69, 9.17) is 5.11 Å². The van der Waals surface area contributed by atoms with Crippen LogP contribution in [0.3, 0.4) is 0 Å². The summed E-state index contributed by atoms with van der Waals surface area (Å²) in [6.07, 6.45) is 4.49. The predicted octanol–water partition coefficient (Wildman–Crippen LogP) is 1.86. The highest BCUT2D eigenvalue weighted by molar-refractivity contribution is 5.87.